The molecular formula is C24H20N2O3. The molecule has 0 N–H and O–H groups in total. The average molecular weight is 384 g/mol. The molecule has 6 rings (SSSR count). The molecule has 0 aromatic heterocycles. The lowest BCUT2D eigenvalue weighted by atomic mass is 9.42. The summed E-state index contributed by atoms with van der Waals surface area (Å²) < 4.78 is 9.92. The van der Waals surface area contributed by atoms with Crippen molar-refractivity contribution in [3.05, 3.63) is 59.7 Å². The zero-order valence-electron chi connectivity index (χ0n) is 15.9. The van der Waals surface area contributed by atoms with Crippen molar-refractivity contribution in [1.82, 2.24) is 0 Å². The molecule has 0 spiro atoms. The SMILES string of the molecule is N#COc1ccc(C2(c3ccc(OC#N)cc3)C3CC4CC(C3)C(=O)C2C4)cc1. The van der Waals surface area contributed by atoms with Crippen molar-refractivity contribution >= 4 is 5.78 Å². The number of hydrogen-bond acceptors (Lipinski definition) is 5. The van der Waals surface area contributed by atoms with Gasteiger partial charge in [0.05, 0.1) is 0 Å². The molecule has 29 heavy (non-hydrogen) atoms. The van der Waals surface area contributed by atoms with Crippen LogP contribution in [-0.2, 0) is 10.2 Å². The van der Waals surface area contributed by atoms with Crippen LogP contribution in [0.1, 0.15) is 36.8 Å². The number of nitriles is 2. The van der Waals surface area contributed by atoms with Crippen molar-refractivity contribution in [2.75, 3.05) is 0 Å². The molecule has 0 aliphatic heterocycles. The number of Topliss-reactive ketones (excluding diaryl/α,β-unsaturated/α-hetero) is 1. The van der Waals surface area contributed by atoms with Gasteiger partial charge >= 0.3 is 0 Å². The minimum absolute atomic E-state index is 0.0378. The molecule has 4 atom stereocenters. The lowest BCUT2D eigenvalue weighted by molar-refractivity contribution is -0.147. The lowest BCUT2D eigenvalue weighted by Gasteiger charge is -2.60. The standard InChI is InChI=1S/C24H20N2O3/c25-13-28-20-5-1-17(2-6-20)24(18-3-7-21(8-4-18)29-14-26)19-10-15-9-16(12-19)23(27)22(24)11-15/h1-8,15-16,19,22H,9-12H2. The summed E-state index contributed by atoms with van der Waals surface area (Å²) in [4.78, 5) is 13.3. The van der Waals surface area contributed by atoms with Crippen LogP contribution in [0, 0.1) is 46.7 Å². The highest BCUT2D eigenvalue weighted by atomic mass is 16.5. The molecular weight excluding hydrogens is 364 g/mol. The number of carbonyl (C=O) groups excluding carboxylic acids is 1. The number of ketones is 1. The Bertz CT molecular complexity index is 970. The third-order valence-electron chi connectivity index (χ3n) is 7.30. The van der Waals surface area contributed by atoms with Gasteiger partial charge in [-0.05, 0) is 72.9 Å². The summed E-state index contributed by atoms with van der Waals surface area (Å²) in [5.41, 5.74) is 1.80. The zero-order chi connectivity index (χ0) is 20.0. The van der Waals surface area contributed by atoms with Crippen molar-refractivity contribution in [2.45, 2.75) is 31.1 Å². The van der Waals surface area contributed by atoms with Crippen molar-refractivity contribution in [1.29, 1.82) is 10.5 Å². The van der Waals surface area contributed by atoms with Crippen LogP contribution >= 0.6 is 0 Å². The third kappa shape index (κ3) is 2.54. The van der Waals surface area contributed by atoms with Gasteiger partial charge in [0, 0.05) is 17.3 Å². The first-order valence-corrected chi connectivity index (χ1v) is 10.0. The van der Waals surface area contributed by atoms with Crippen LogP contribution < -0.4 is 9.47 Å². The van der Waals surface area contributed by atoms with Crippen LogP contribution in [0.3, 0.4) is 0 Å². The van der Waals surface area contributed by atoms with Crippen molar-refractivity contribution in [3.63, 3.8) is 0 Å². The number of ether oxygens (including phenoxy) is 2. The Labute approximate surface area is 169 Å². The van der Waals surface area contributed by atoms with E-state index in [0.29, 0.717) is 29.1 Å². The summed E-state index contributed by atoms with van der Waals surface area (Å²) in [6.07, 6.45) is 7.45. The summed E-state index contributed by atoms with van der Waals surface area (Å²) in [6, 6.07) is 15.2. The van der Waals surface area contributed by atoms with Gasteiger partial charge in [-0.15, -0.1) is 10.5 Å². The molecule has 5 heteroatoms. The molecule has 4 aliphatic rings. The monoisotopic (exact) mass is 384 g/mol. The van der Waals surface area contributed by atoms with Crippen LogP contribution in [0.25, 0.3) is 0 Å². The summed E-state index contributed by atoms with van der Waals surface area (Å²) >= 11 is 0. The fourth-order valence-electron chi connectivity index (χ4n) is 6.41. The predicted octanol–water partition coefficient (Wildman–Crippen LogP) is 4.33. The van der Waals surface area contributed by atoms with Crippen LogP contribution in [0.4, 0.5) is 0 Å². The van der Waals surface area contributed by atoms with Gasteiger partial charge in [0.1, 0.15) is 17.3 Å². The Hall–Kier alpha value is -3.31. The molecule has 4 bridgehead atoms. The first kappa shape index (κ1) is 17.8. The molecule has 4 aliphatic carbocycles. The molecule has 4 fully saturated rings. The van der Waals surface area contributed by atoms with Crippen LogP contribution in [-0.4, -0.2) is 5.78 Å². The molecule has 2 aromatic carbocycles. The summed E-state index contributed by atoms with van der Waals surface area (Å²) in [6.45, 7) is 0. The summed E-state index contributed by atoms with van der Waals surface area (Å²) in [5, 5.41) is 17.6. The highest BCUT2D eigenvalue weighted by Crippen LogP contribution is 2.64. The molecule has 5 nitrogen and oxygen atoms in total. The second-order valence-corrected chi connectivity index (χ2v) is 8.46. The van der Waals surface area contributed by atoms with Crippen LogP contribution in [0.15, 0.2) is 48.5 Å². The van der Waals surface area contributed by atoms with Crippen LogP contribution in [0.5, 0.6) is 11.5 Å². The van der Waals surface area contributed by atoms with Crippen molar-refractivity contribution < 1.29 is 14.3 Å². The molecule has 144 valence electrons. The van der Waals surface area contributed by atoms with Gasteiger partial charge in [0.2, 0.25) is 0 Å². The first-order valence-electron chi connectivity index (χ1n) is 10.0. The van der Waals surface area contributed by atoms with E-state index < -0.39 is 0 Å². The highest BCUT2D eigenvalue weighted by molar-refractivity contribution is 5.88. The minimum atomic E-state index is -0.388. The van der Waals surface area contributed by atoms with E-state index in [1.807, 2.05) is 48.5 Å². The second-order valence-electron chi connectivity index (χ2n) is 8.46. The topological polar surface area (TPSA) is 83.1 Å². The Morgan fingerprint density at radius 1 is 0.793 bits per heavy atom. The summed E-state index contributed by atoms with van der Waals surface area (Å²) in [7, 11) is 0. The largest absolute Gasteiger partial charge is 0.388 e. The van der Waals surface area contributed by atoms with Crippen molar-refractivity contribution in [2.24, 2.45) is 23.7 Å². The minimum Gasteiger partial charge on any atom is -0.388 e. The average Bonchev–Trinajstić information content (AvgIpc) is 2.74. The third-order valence-corrected chi connectivity index (χ3v) is 7.30. The summed E-state index contributed by atoms with van der Waals surface area (Å²) in [5.74, 6) is 2.59. The Morgan fingerprint density at radius 3 is 1.86 bits per heavy atom. The highest BCUT2D eigenvalue weighted by Gasteiger charge is 2.62. The molecule has 0 saturated heterocycles. The van der Waals surface area contributed by atoms with Gasteiger partial charge in [-0.25, -0.2) is 0 Å². The van der Waals surface area contributed by atoms with E-state index in [1.54, 1.807) is 12.5 Å². The molecule has 0 radical (unpaired) electrons. The Balaban J connectivity index is 1.67. The molecule has 2 aromatic rings. The number of carbonyl (C=O) groups is 1. The van der Waals surface area contributed by atoms with E-state index in [9.17, 15) is 4.79 Å². The maximum Gasteiger partial charge on any atom is 0.292 e. The number of nitrogens with zero attached hydrogens (tertiary/aromatic N) is 2. The van der Waals surface area contributed by atoms with Gasteiger partial charge in [-0.3, -0.25) is 4.79 Å². The molecule has 4 saturated carbocycles. The normalized spacial score (nSPS) is 28.4. The van der Waals surface area contributed by atoms with Gasteiger partial charge in [0.15, 0.2) is 0 Å². The Kier molecular flexibility index (Phi) is 4.07. The maximum atomic E-state index is 13.3. The van der Waals surface area contributed by atoms with E-state index >= 15 is 0 Å². The molecule has 0 heterocycles. The second kappa shape index (κ2) is 6.64. The lowest BCUT2D eigenvalue weighted by Crippen LogP contribution is -2.60. The van der Waals surface area contributed by atoms with E-state index in [0.717, 1.165) is 36.8 Å². The molecule has 4 unspecified atom stereocenters. The maximum absolute atomic E-state index is 13.3. The van der Waals surface area contributed by atoms with Gasteiger partial charge < -0.3 is 9.47 Å². The number of rotatable bonds is 4. The van der Waals surface area contributed by atoms with E-state index in [-0.39, 0.29) is 17.3 Å². The fourth-order valence-corrected chi connectivity index (χ4v) is 6.41. The smallest absolute Gasteiger partial charge is 0.292 e. The molecule has 0 amide bonds. The van der Waals surface area contributed by atoms with Gasteiger partial charge in [-0.1, -0.05) is 24.3 Å². The van der Waals surface area contributed by atoms with Gasteiger partial charge in [-0.2, -0.15) is 0 Å². The van der Waals surface area contributed by atoms with E-state index in [2.05, 4.69) is 0 Å². The quantitative estimate of drug-likeness (QED) is 0.733. The first-order chi connectivity index (χ1) is 14.2. The van der Waals surface area contributed by atoms with Crippen molar-refractivity contribution in [3.8, 4) is 24.0 Å². The van der Waals surface area contributed by atoms with Gasteiger partial charge in [0.25, 0.3) is 12.5 Å². The fraction of sp³-hybridized carbons (Fsp3) is 0.375. The number of benzene rings is 2. The van der Waals surface area contributed by atoms with E-state index in [4.69, 9.17) is 20.0 Å². The Morgan fingerprint density at radius 2 is 1.34 bits per heavy atom. The zero-order valence-corrected chi connectivity index (χ0v) is 15.9. The van der Waals surface area contributed by atoms with E-state index in [1.165, 1.54) is 0 Å². The number of hydrogen-bond donors (Lipinski definition) is 0. The predicted molar refractivity (Wildman–Crippen MR) is 104 cm³/mol. The van der Waals surface area contributed by atoms with Crippen LogP contribution in [0.2, 0.25) is 0 Å².